The Balaban J connectivity index is 1.77. The summed E-state index contributed by atoms with van der Waals surface area (Å²) in [5, 5.41) is 3.84. The standard InChI is InChI=1S/C21H21N5O2S/c1-2-28-18(27)14-26-20(19(24-21(26)29)16-8-3-4-11-23-16)17-9-6-12-25(17)15-7-5-10-22-13-15/h3-13,19-20H,2,14H2,1H3,(H,24,29)/t19-,20-/m1/s1. The molecule has 1 fully saturated rings. The largest absolute Gasteiger partial charge is 0.465 e. The maximum absolute atomic E-state index is 12.3. The minimum atomic E-state index is -0.317. The van der Waals surface area contributed by atoms with Crippen molar-refractivity contribution in [1.29, 1.82) is 0 Å². The molecule has 0 aliphatic carbocycles. The number of hydrogen-bond donors (Lipinski definition) is 1. The van der Waals surface area contributed by atoms with Crippen LogP contribution in [0.5, 0.6) is 0 Å². The number of thiocarbonyl (C=S) groups is 1. The molecule has 2 atom stereocenters. The van der Waals surface area contributed by atoms with Gasteiger partial charge in [-0.15, -0.1) is 0 Å². The first-order valence-electron chi connectivity index (χ1n) is 9.40. The van der Waals surface area contributed by atoms with Crippen molar-refractivity contribution in [2.45, 2.75) is 19.0 Å². The van der Waals surface area contributed by atoms with Gasteiger partial charge in [0.1, 0.15) is 6.54 Å². The molecule has 4 rings (SSSR count). The smallest absolute Gasteiger partial charge is 0.325 e. The van der Waals surface area contributed by atoms with E-state index in [2.05, 4.69) is 19.9 Å². The van der Waals surface area contributed by atoms with E-state index in [9.17, 15) is 4.79 Å². The van der Waals surface area contributed by atoms with Crippen molar-refractivity contribution < 1.29 is 9.53 Å². The Hall–Kier alpha value is -3.26. The Kier molecular flexibility index (Phi) is 5.53. The van der Waals surface area contributed by atoms with Gasteiger partial charge in [-0.25, -0.2) is 0 Å². The number of esters is 1. The van der Waals surface area contributed by atoms with Gasteiger partial charge < -0.3 is 19.5 Å². The molecule has 1 aliphatic rings. The van der Waals surface area contributed by atoms with E-state index in [-0.39, 0.29) is 24.6 Å². The summed E-state index contributed by atoms with van der Waals surface area (Å²) in [6.07, 6.45) is 7.27. The summed E-state index contributed by atoms with van der Waals surface area (Å²) in [5.41, 5.74) is 2.76. The number of nitrogens with one attached hydrogen (secondary N) is 1. The van der Waals surface area contributed by atoms with E-state index >= 15 is 0 Å². The highest BCUT2D eigenvalue weighted by Crippen LogP contribution is 2.39. The van der Waals surface area contributed by atoms with Gasteiger partial charge in [0.05, 0.1) is 36.3 Å². The quantitative estimate of drug-likeness (QED) is 0.498. The maximum Gasteiger partial charge on any atom is 0.325 e. The molecule has 0 spiro atoms. The molecule has 0 aromatic carbocycles. The van der Waals surface area contributed by atoms with Crippen LogP contribution in [0.1, 0.15) is 30.4 Å². The number of ether oxygens (including phenoxy) is 1. The van der Waals surface area contributed by atoms with Gasteiger partial charge in [-0.2, -0.15) is 0 Å². The molecular formula is C21H21N5O2S. The van der Waals surface area contributed by atoms with Crippen LogP contribution in [-0.4, -0.2) is 43.7 Å². The van der Waals surface area contributed by atoms with Crippen molar-refractivity contribution in [1.82, 2.24) is 24.8 Å². The Morgan fingerprint density at radius 2 is 2.10 bits per heavy atom. The van der Waals surface area contributed by atoms with Crippen LogP contribution in [0.15, 0.2) is 67.3 Å². The molecule has 29 heavy (non-hydrogen) atoms. The van der Waals surface area contributed by atoms with E-state index in [1.165, 1.54) is 0 Å². The molecular weight excluding hydrogens is 386 g/mol. The van der Waals surface area contributed by atoms with Crippen molar-refractivity contribution in [2.24, 2.45) is 0 Å². The van der Waals surface area contributed by atoms with Crippen molar-refractivity contribution in [3.05, 3.63) is 78.6 Å². The highest BCUT2D eigenvalue weighted by Gasteiger charge is 2.42. The molecule has 0 saturated carbocycles. The summed E-state index contributed by atoms with van der Waals surface area (Å²) in [6.45, 7) is 2.18. The van der Waals surface area contributed by atoms with Crippen LogP contribution in [-0.2, 0) is 9.53 Å². The van der Waals surface area contributed by atoms with E-state index in [4.69, 9.17) is 17.0 Å². The number of nitrogens with zero attached hydrogens (tertiary/aromatic N) is 4. The van der Waals surface area contributed by atoms with E-state index in [0.717, 1.165) is 17.1 Å². The van der Waals surface area contributed by atoms with E-state index < -0.39 is 0 Å². The highest BCUT2D eigenvalue weighted by molar-refractivity contribution is 7.80. The lowest BCUT2D eigenvalue weighted by Gasteiger charge is -2.28. The van der Waals surface area contributed by atoms with Crippen LogP contribution >= 0.6 is 12.2 Å². The lowest BCUT2D eigenvalue weighted by molar-refractivity contribution is -0.143. The predicted molar refractivity (Wildman–Crippen MR) is 112 cm³/mol. The highest BCUT2D eigenvalue weighted by atomic mass is 32.1. The predicted octanol–water partition coefficient (Wildman–Crippen LogP) is 2.80. The van der Waals surface area contributed by atoms with Crippen LogP contribution < -0.4 is 5.32 Å². The topological polar surface area (TPSA) is 72.3 Å². The zero-order chi connectivity index (χ0) is 20.2. The second-order valence-electron chi connectivity index (χ2n) is 6.57. The molecule has 8 heteroatoms. The Morgan fingerprint density at radius 1 is 1.21 bits per heavy atom. The SMILES string of the molecule is CCOC(=O)CN1C(=S)N[C@H](c2ccccn2)[C@H]1c1cccn1-c1cccnc1. The third kappa shape index (κ3) is 3.84. The van der Waals surface area contributed by atoms with E-state index in [1.54, 1.807) is 25.5 Å². The fourth-order valence-corrected chi connectivity index (χ4v) is 3.91. The van der Waals surface area contributed by atoms with Crippen molar-refractivity contribution >= 4 is 23.3 Å². The van der Waals surface area contributed by atoms with Gasteiger partial charge in [0, 0.05) is 24.3 Å². The Bertz CT molecular complexity index is 993. The van der Waals surface area contributed by atoms with Crippen molar-refractivity contribution in [3.8, 4) is 5.69 Å². The average Bonchev–Trinajstić information content (AvgIpc) is 3.34. The first-order valence-corrected chi connectivity index (χ1v) is 9.81. The van der Waals surface area contributed by atoms with Crippen LogP contribution in [0.4, 0.5) is 0 Å². The normalized spacial score (nSPS) is 18.5. The number of carbonyl (C=O) groups excluding carboxylic acids is 1. The minimum absolute atomic E-state index is 0.0614. The summed E-state index contributed by atoms with van der Waals surface area (Å²) in [5.74, 6) is -0.317. The molecule has 4 heterocycles. The molecule has 1 N–H and O–H groups in total. The van der Waals surface area contributed by atoms with E-state index in [0.29, 0.717) is 11.7 Å². The van der Waals surface area contributed by atoms with Gasteiger partial charge in [-0.3, -0.25) is 14.8 Å². The zero-order valence-electron chi connectivity index (χ0n) is 15.9. The molecule has 0 unspecified atom stereocenters. The molecule has 1 saturated heterocycles. The third-order valence-corrected chi connectivity index (χ3v) is 5.16. The molecule has 3 aromatic heterocycles. The molecule has 3 aromatic rings. The number of aromatic nitrogens is 3. The summed E-state index contributed by atoms with van der Waals surface area (Å²) in [6, 6.07) is 13.2. The lowest BCUT2D eigenvalue weighted by Crippen LogP contribution is -2.36. The van der Waals surface area contributed by atoms with Gasteiger partial charge >= 0.3 is 5.97 Å². The van der Waals surface area contributed by atoms with Gasteiger partial charge in [-0.05, 0) is 55.5 Å². The summed E-state index contributed by atoms with van der Waals surface area (Å²) < 4.78 is 7.23. The zero-order valence-corrected chi connectivity index (χ0v) is 16.7. The fraction of sp³-hybridized carbons (Fsp3) is 0.238. The van der Waals surface area contributed by atoms with Crippen molar-refractivity contribution in [2.75, 3.05) is 13.2 Å². The lowest BCUT2D eigenvalue weighted by atomic mass is 10.0. The van der Waals surface area contributed by atoms with E-state index in [1.807, 2.05) is 53.6 Å². The van der Waals surface area contributed by atoms with Gasteiger partial charge in [-0.1, -0.05) is 6.07 Å². The Labute approximate surface area is 174 Å². The molecule has 0 radical (unpaired) electrons. The average molecular weight is 407 g/mol. The van der Waals surface area contributed by atoms with Crippen LogP contribution in [0, 0.1) is 0 Å². The minimum Gasteiger partial charge on any atom is -0.465 e. The monoisotopic (exact) mass is 407 g/mol. The summed E-state index contributed by atoms with van der Waals surface area (Å²) in [7, 11) is 0. The second kappa shape index (κ2) is 8.40. The molecule has 0 bridgehead atoms. The summed E-state index contributed by atoms with van der Waals surface area (Å²) in [4.78, 5) is 22.9. The third-order valence-electron chi connectivity index (χ3n) is 4.81. The second-order valence-corrected chi connectivity index (χ2v) is 6.96. The number of rotatable bonds is 6. The maximum atomic E-state index is 12.3. The van der Waals surface area contributed by atoms with Crippen LogP contribution in [0.2, 0.25) is 0 Å². The van der Waals surface area contributed by atoms with Gasteiger partial charge in [0.25, 0.3) is 0 Å². The van der Waals surface area contributed by atoms with Crippen molar-refractivity contribution in [3.63, 3.8) is 0 Å². The first kappa shape index (κ1) is 19.1. The molecule has 7 nitrogen and oxygen atoms in total. The van der Waals surface area contributed by atoms with Crippen LogP contribution in [0.3, 0.4) is 0 Å². The molecule has 148 valence electrons. The number of hydrogen-bond acceptors (Lipinski definition) is 5. The van der Waals surface area contributed by atoms with Crippen LogP contribution in [0.25, 0.3) is 5.69 Å². The van der Waals surface area contributed by atoms with Gasteiger partial charge in [0.15, 0.2) is 5.11 Å². The summed E-state index contributed by atoms with van der Waals surface area (Å²) >= 11 is 5.59. The number of carbonyl (C=O) groups is 1. The fourth-order valence-electron chi connectivity index (χ4n) is 3.61. The van der Waals surface area contributed by atoms with Gasteiger partial charge in [0.2, 0.25) is 0 Å². The first-order chi connectivity index (χ1) is 14.2. The Morgan fingerprint density at radius 3 is 2.83 bits per heavy atom. The molecule has 1 aliphatic heterocycles. The molecule has 0 amide bonds. The number of pyridine rings is 2.